The first-order valence-corrected chi connectivity index (χ1v) is 9.04. The molecule has 134 valence electrons. The van der Waals surface area contributed by atoms with Crippen molar-refractivity contribution in [3.8, 4) is 0 Å². The van der Waals surface area contributed by atoms with Crippen LogP contribution in [0.4, 0.5) is 0 Å². The van der Waals surface area contributed by atoms with Crippen molar-refractivity contribution >= 4 is 17.1 Å². The van der Waals surface area contributed by atoms with Gasteiger partial charge in [0.1, 0.15) is 11.9 Å². The number of aromatic nitrogens is 3. The number of carbonyl (C=O) groups is 1. The summed E-state index contributed by atoms with van der Waals surface area (Å²) in [5, 5.41) is 0. The van der Waals surface area contributed by atoms with Crippen LogP contribution in [0.15, 0.2) is 42.6 Å². The number of aromatic amines is 1. The van der Waals surface area contributed by atoms with Gasteiger partial charge in [-0.15, -0.1) is 0 Å². The highest BCUT2D eigenvalue weighted by molar-refractivity contribution is 6.00. The summed E-state index contributed by atoms with van der Waals surface area (Å²) < 4.78 is 5.76. The maximum Gasteiger partial charge on any atom is 0.340 e. The smallest absolute Gasteiger partial charge is 0.340 e. The Morgan fingerprint density at radius 2 is 2.15 bits per heavy atom. The number of hydrogen-bond acceptors (Lipinski definition) is 5. The van der Waals surface area contributed by atoms with Crippen LogP contribution in [-0.4, -0.2) is 45.0 Å². The van der Waals surface area contributed by atoms with E-state index in [4.69, 9.17) is 4.74 Å². The fraction of sp³-hybridized carbons (Fsp3) is 0.350. The summed E-state index contributed by atoms with van der Waals surface area (Å²) in [7, 11) is 0. The number of likely N-dealkylation sites (tertiary alicyclic amines) is 1. The van der Waals surface area contributed by atoms with E-state index in [1.54, 1.807) is 12.3 Å². The second kappa shape index (κ2) is 7.25. The topological polar surface area (TPSA) is 71.1 Å². The molecule has 0 radical (unpaired) electrons. The molecule has 0 amide bonds. The lowest BCUT2D eigenvalue weighted by Crippen LogP contribution is -2.25. The molecule has 0 unspecified atom stereocenters. The van der Waals surface area contributed by atoms with Crippen LogP contribution in [0.3, 0.4) is 0 Å². The van der Waals surface area contributed by atoms with Gasteiger partial charge < -0.3 is 9.72 Å². The summed E-state index contributed by atoms with van der Waals surface area (Å²) in [6.45, 7) is 4.59. The van der Waals surface area contributed by atoms with Crippen molar-refractivity contribution in [2.45, 2.75) is 32.4 Å². The number of rotatable bonds is 5. The highest BCUT2D eigenvalue weighted by Gasteiger charge is 2.27. The number of hydrogen-bond donors (Lipinski definition) is 1. The molecule has 3 heterocycles. The number of ether oxygens (including phenoxy) is 1. The highest BCUT2D eigenvalue weighted by atomic mass is 16.5. The molecule has 3 aromatic rings. The third-order valence-corrected chi connectivity index (χ3v) is 4.75. The molecule has 6 nitrogen and oxygen atoms in total. The summed E-state index contributed by atoms with van der Waals surface area (Å²) in [5.74, 6) is 0.512. The zero-order chi connectivity index (χ0) is 17.9. The molecule has 6 heteroatoms. The van der Waals surface area contributed by atoms with Gasteiger partial charge in [0, 0.05) is 32.3 Å². The van der Waals surface area contributed by atoms with Gasteiger partial charge in [-0.2, -0.15) is 0 Å². The SMILES string of the molecule is CCc1nc2nccc(C(=O)O[C@@H]3CCN(Cc4ccccc4)C3)c2[nH]1. The fourth-order valence-corrected chi connectivity index (χ4v) is 3.39. The van der Waals surface area contributed by atoms with Gasteiger partial charge >= 0.3 is 5.97 Å². The zero-order valence-corrected chi connectivity index (χ0v) is 14.8. The summed E-state index contributed by atoms with van der Waals surface area (Å²) in [6, 6.07) is 12.1. The fourth-order valence-electron chi connectivity index (χ4n) is 3.39. The number of benzene rings is 1. The largest absolute Gasteiger partial charge is 0.457 e. The van der Waals surface area contributed by atoms with Crippen molar-refractivity contribution in [1.29, 1.82) is 0 Å². The summed E-state index contributed by atoms with van der Waals surface area (Å²) in [6.07, 6.45) is 3.15. The Balaban J connectivity index is 1.42. The Labute approximate surface area is 152 Å². The first kappa shape index (κ1) is 16.7. The lowest BCUT2D eigenvalue weighted by atomic mass is 10.2. The zero-order valence-electron chi connectivity index (χ0n) is 14.8. The molecular weight excluding hydrogens is 328 g/mol. The Kier molecular flexibility index (Phi) is 4.67. The average Bonchev–Trinajstić information content (AvgIpc) is 3.28. The molecule has 1 fully saturated rings. The highest BCUT2D eigenvalue weighted by Crippen LogP contribution is 2.20. The van der Waals surface area contributed by atoms with Gasteiger partial charge in [-0.1, -0.05) is 37.3 Å². The van der Waals surface area contributed by atoms with Crippen molar-refractivity contribution in [2.75, 3.05) is 13.1 Å². The van der Waals surface area contributed by atoms with Gasteiger partial charge in [0.15, 0.2) is 5.65 Å². The normalized spacial score (nSPS) is 17.7. The van der Waals surface area contributed by atoms with Gasteiger partial charge in [-0.3, -0.25) is 4.90 Å². The van der Waals surface area contributed by atoms with Crippen molar-refractivity contribution < 1.29 is 9.53 Å². The van der Waals surface area contributed by atoms with Gasteiger partial charge in [-0.25, -0.2) is 14.8 Å². The number of nitrogens with zero attached hydrogens (tertiary/aromatic N) is 3. The lowest BCUT2D eigenvalue weighted by molar-refractivity contribution is 0.0322. The first-order chi connectivity index (χ1) is 12.7. The molecule has 0 spiro atoms. The van der Waals surface area contributed by atoms with E-state index in [0.717, 1.165) is 38.3 Å². The molecule has 1 atom stereocenters. The second-order valence-corrected chi connectivity index (χ2v) is 6.63. The molecule has 1 aromatic carbocycles. The predicted octanol–water partition coefficient (Wildman–Crippen LogP) is 2.95. The molecule has 0 aliphatic carbocycles. The van der Waals surface area contributed by atoms with E-state index >= 15 is 0 Å². The van der Waals surface area contributed by atoms with Crippen LogP contribution in [-0.2, 0) is 17.7 Å². The minimum absolute atomic E-state index is 0.0806. The standard InChI is InChI=1S/C20H22N4O2/c1-2-17-22-18-16(8-10-21-19(18)23-17)20(25)26-15-9-11-24(13-15)12-14-6-4-3-5-7-14/h3-8,10,15H,2,9,11-13H2,1H3,(H,21,22,23)/t15-/m1/s1. The number of H-pyrrole nitrogens is 1. The molecule has 1 aliphatic heterocycles. The van der Waals surface area contributed by atoms with E-state index in [2.05, 4.69) is 32.0 Å². The van der Waals surface area contributed by atoms with Crippen molar-refractivity contribution in [3.63, 3.8) is 0 Å². The van der Waals surface area contributed by atoms with E-state index < -0.39 is 0 Å². The number of aryl methyl sites for hydroxylation is 1. The maximum absolute atomic E-state index is 12.7. The van der Waals surface area contributed by atoms with Crippen LogP contribution in [0.5, 0.6) is 0 Å². The minimum Gasteiger partial charge on any atom is -0.457 e. The van der Waals surface area contributed by atoms with Crippen LogP contribution in [0.1, 0.15) is 35.1 Å². The summed E-state index contributed by atoms with van der Waals surface area (Å²) in [5.41, 5.74) is 3.01. The lowest BCUT2D eigenvalue weighted by Gasteiger charge is -2.16. The van der Waals surface area contributed by atoms with Crippen LogP contribution in [0, 0.1) is 0 Å². The minimum atomic E-state index is -0.310. The Morgan fingerprint density at radius 3 is 2.96 bits per heavy atom. The van der Waals surface area contributed by atoms with Gasteiger partial charge in [0.2, 0.25) is 0 Å². The number of pyridine rings is 1. The van der Waals surface area contributed by atoms with Crippen LogP contribution < -0.4 is 0 Å². The molecule has 0 bridgehead atoms. The molecule has 1 N–H and O–H groups in total. The third-order valence-electron chi connectivity index (χ3n) is 4.75. The monoisotopic (exact) mass is 350 g/mol. The molecule has 1 saturated heterocycles. The van der Waals surface area contributed by atoms with Crippen molar-refractivity contribution in [2.24, 2.45) is 0 Å². The molecule has 4 rings (SSSR count). The van der Waals surface area contributed by atoms with Crippen molar-refractivity contribution in [3.05, 3.63) is 59.5 Å². The molecule has 1 aliphatic rings. The molecule has 0 saturated carbocycles. The molecular formula is C20H22N4O2. The second-order valence-electron chi connectivity index (χ2n) is 6.63. The van der Waals surface area contributed by atoms with Crippen LogP contribution in [0.2, 0.25) is 0 Å². The Bertz CT molecular complexity index is 907. The Hall–Kier alpha value is -2.73. The van der Waals surface area contributed by atoms with Gasteiger partial charge in [-0.05, 0) is 18.1 Å². The number of esters is 1. The number of carbonyl (C=O) groups excluding carboxylic acids is 1. The number of nitrogens with one attached hydrogen (secondary N) is 1. The summed E-state index contributed by atoms with van der Waals surface area (Å²) in [4.78, 5) is 26.8. The van der Waals surface area contributed by atoms with Crippen LogP contribution in [0.25, 0.3) is 11.2 Å². The van der Waals surface area contributed by atoms with Crippen molar-refractivity contribution in [1.82, 2.24) is 19.9 Å². The molecule has 2 aromatic heterocycles. The average molecular weight is 350 g/mol. The van der Waals surface area contributed by atoms with E-state index in [1.807, 2.05) is 25.1 Å². The third kappa shape index (κ3) is 3.46. The Morgan fingerprint density at radius 1 is 1.31 bits per heavy atom. The molecule has 26 heavy (non-hydrogen) atoms. The van der Waals surface area contributed by atoms with E-state index in [1.165, 1.54) is 5.56 Å². The van der Waals surface area contributed by atoms with Gasteiger partial charge in [0.25, 0.3) is 0 Å². The van der Waals surface area contributed by atoms with E-state index in [-0.39, 0.29) is 12.1 Å². The number of fused-ring (bicyclic) bond motifs is 1. The van der Waals surface area contributed by atoms with E-state index in [9.17, 15) is 4.79 Å². The maximum atomic E-state index is 12.7. The van der Waals surface area contributed by atoms with E-state index in [0.29, 0.717) is 16.7 Å². The van der Waals surface area contributed by atoms with Crippen LogP contribution >= 0.6 is 0 Å². The number of imidazole rings is 1. The first-order valence-electron chi connectivity index (χ1n) is 9.04. The quantitative estimate of drug-likeness (QED) is 0.717. The van der Waals surface area contributed by atoms with Gasteiger partial charge in [0.05, 0.1) is 11.1 Å². The summed E-state index contributed by atoms with van der Waals surface area (Å²) >= 11 is 0. The predicted molar refractivity (Wildman–Crippen MR) is 98.8 cm³/mol.